The van der Waals surface area contributed by atoms with Gasteiger partial charge in [0.25, 0.3) is 0 Å². The minimum absolute atomic E-state index is 0.0937. The second kappa shape index (κ2) is 12.1. The number of allylic oxidation sites excluding steroid dienone is 2. The van der Waals surface area contributed by atoms with Crippen LogP contribution in [0.25, 0.3) is 16.8 Å². The Bertz CT molecular complexity index is 1630. The zero-order chi connectivity index (χ0) is 30.2. The molecular formula is C35H38BNO6. The van der Waals surface area contributed by atoms with Crippen LogP contribution in [0.1, 0.15) is 57.9 Å². The van der Waals surface area contributed by atoms with E-state index in [0.717, 1.165) is 48.4 Å². The van der Waals surface area contributed by atoms with E-state index in [1.807, 2.05) is 30.3 Å². The lowest BCUT2D eigenvalue weighted by atomic mass is 9.68. The predicted molar refractivity (Wildman–Crippen MR) is 169 cm³/mol. The largest absolute Gasteiger partial charge is 0.507 e. The summed E-state index contributed by atoms with van der Waals surface area (Å²) in [6.07, 6.45) is 7.04. The standard InChI is InChI=1S/C35H38BNO6/c1-3-8-23-18-28-33(35(40)37(34(28)39)25-10-7-9-24(19-25)36(41)42)29-20-43-31(32(23)29)16-13-21(4-2)17-22-14-15-30(38)27-12-6-5-11-26(22)27/h5-7,9-12,14-15,17,19,28-29,31,33,38,41-42H,3-4,8,13,16,18,20H2,1-2H3/b21-17+/t28-,29+,31-,33-/m1/s1. The van der Waals surface area contributed by atoms with Gasteiger partial charge in [0.05, 0.1) is 30.2 Å². The van der Waals surface area contributed by atoms with Gasteiger partial charge in [0, 0.05) is 11.3 Å². The average molecular weight is 580 g/mol. The number of rotatable bonds is 9. The number of amides is 2. The first-order valence-corrected chi connectivity index (χ1v) is 15.4. The zero-order valence-electron chi connectivity index (χ0n) is 24.7. The first-order chi connectivity index (χ1) is 20.8. The van der Waals surface area contributed by atoms with E-state index in [0.29, 0.717) is 18.7 Å². The molecule has 43 heavy (non-hydrogen) atoms. The van der Waals surface area contributed by atoms with Gasteiger partial charge in [-0.2, -0.15) is 0 Å². The Morgan fingerprint density at radius 3 is 2.53 bits per heavy atom. The third-order valence-electron chi connectivity index (χ3n) is 9.46. The van der Waals surface area contributed by atoms with Crippen molar-refractivity contribution in [1.29, 1.82) is 0 Å². The molecule has 0 unspecified atom stereocenters. The smallest absolute Gasteiger partial charge is 0.488 e. The molecule has 3 N–H and O–H groups in total. The number of carbonyl (C=O) groups is 2. The molecule has 4 atom stereocenters. The van der Waals surface area contributed by atoms with Crippen molar-refractivity contribution in [3.05, 3.63) is 82.9 Å². The Hall–Kier alpha value is -3.72. The van der Waals surface area contributed by atoms with Crippen molar-refractivity contribution < 1.29 is 29.5 Å². The van der Waals surface area contributed by atoms with Crippen molar-refractivity contribution in [3.63, 3.8) is 0 Å². The number of fused-ring (bicyclic) bond motifs is 4. The summed E-state index contributed by atoms with van der Waals surface area (Å²) < 4.78 is 6.42. The summed E-state index contributed by atoms with van der Waals surface area (Å²) in [6, 6.07) is 18.0. The van der Waals surface area contributed by atoms with Crippen LogP contribution in [-0.2, 0) is 14.3 Å². The molecule has 0 bridgehead atoms. The van der Waals surface area contributed by atoms with Crippen molar-refractivity contribution in [2.24, 2.45) is 17.8 Å². The summed E-state index contributed by atoms with van der Waals surface area (Å²) >= 11 is 0. The van der Waals surface area contributed by atoms with Gasteiger partial charge in [-0.15, -0.1) is 0 Å². The molecule has 2 saturated heterocycles. The van der Waals surface area contributed by atoms with Crippen LogP contribution in [0.5, 0.6) is 5.75 Å². The lowest BCUT2D eigenvalue weighted by molar-refractivity contribution is -0.122. The van der Waals surface area contributed by atoms with Crippen molar-refractivity contribution in [2.45, 2.75) is 58.5 Å². The maximum absolute atomic E-state index is 13.9. The lowest BCUT2D eigenvalue weighted by Gasteiger charge is -2.32. The molecule has 2 aliphatic heterocycles. The fourth-order valence-corrected chi connectivity index (χ4v) is 7.41. The van der Waals surface area contributed by atoms with Gasteiger partial charge in [-0.25, -0.2) is 0 Å². The molecule has 2 heterocycles. The van der Waals surface area contributed by atoms with Gasteiger partial charge in [-0.05, 0) is 72.3 Å². The highest BCUT2D eigenvalue weighted by Gasteiger charge is 2.57. The molecule has 1 aliphatic carbocycles. The number of carbonyl (C=O) groups excluding carboxylic acids is 2. The Morgan fingerprint density at radius 1 is 1.00 bits per heavy atom. The molecule has 3 aliphatic rings. The molecule has 0 aromatic heterocycles. The molecule has 0 radical (unpaired) electrons. The van der Waals surface area contributed by atoms with E-state index in [-0.39, 0.29) is 35.0 Å². The Kier molecular flexibility index (Phi) is 8.27. The first kappa shape index (κ1) is 29.4. The number of phenolic OH excluding ortho intramolecular Hbond substituents is 1. The second-order valence-corrected chi connectivity index (χ2v) is 12.0. The van der Waals surface area contributed by atoms with Crippen LogP contribution >= 0.6 is 0 Å². The van der Waals surface area contributed by atoms with E-state index in [1.165, 1.54) is 27.7 Å². The highest BCUT2D eigenvalue weighted by atomic mass is 16.5. The fraction of sp³-hybridized carbons (Fsp3) is 0.371. The summed E-state index contributed by atoms with van der Waals surface area (Å²) in [5.74, 6) is -1.20. The van der Waals surface area contributed by atoms with Gasteiger partial charge in [0.2, 0.25) is 11.8 Å². The summed E-state index contributed by atoms with van der Waals surface area (Å²) in [6.45, 7) is 4.71. The summed E-state index contributed by atoms with van der Waals surface area (Å²) in [5, 5.41) is 31.5. The summed E-state index contributed by atoms with van der Waals surface area (Å²) in [7, 11) is -1.68. The Morgan fingerprint density at radius 2 is 1.79 bits per heavy atom. The summed E-state index contributed by atoms with van der Waals surface area (Å²) in [4.78, 5) is 28.8. The fourth-order valence-electron chi connectivity index (χ4n) is 7.41. The van der Waals surface area contributed by atoms with E-state index < -0.39 is 19.0 Å². The number of phenols is 1. The maximum Gasteiger partial charge on any atom is 0.488 e. The molecule has 3 aromatic carbocycles. The number of benzene rings is 3. The highest BCUT2D eigenvalue weighted by molar-refractivity contribution is 6.58. The van der Waals surface area contributed by atoms with E-state index in [9.17, 15) is 24.7 Å². The molecule has 2 amide bonds. The van der Waals surface area contributed by atoms with E-state index in [4.69, 9.17) is 4.74 Å². The van der Waals surface area contributed by atoms with Crippen LogP contribution in [0.2, 0.25) is 0 Å². The number of hydrogen-bond acceptors (Lipinski definition) is 6. The van der Waals surface area contributed by atoms with Crippen LogP contribution in [0.4, 0.5) is 5.69 Å². The zero-order valence-corrected chi connectivity index (χ0v) is 24.7. The molecule has 7 nitrogen and oxygen atoms in total. The van der Waals surface area contributed by atoms with Gasteiger partial charge in [-0.3, -0.25) is 14.5 Å². The molecule has 3 aromatic rings. The molecular weight excluding hydrogens is 541 g/mol. The normalized spacial score (nSPS) is 23.7. The number of imide groups is 1. The van der Waals surface area contributed by atoms with Gasteiger partial charge >= 0.3 is 7.12 Å². The molecule has 0 spiro atoms. The quantitative estimate of drug-likeness (QED) is 0.185. The maximum atomic E-state index is 13.9. The molecule has 0 saturated carbocycles. The van der Waals surface area contributed by atoms with Crippen molar-refractivity contribution in [3.8, 4) is 5.75 Å². The van der Waals surface area contributed by atoms with Crippen LogP contribution in [0, 0.1) is 17.8 Å². The molecule has 2 fully saturated rings. The number of anilines is 1. The van der Waals surface area contributed by atoms with Crippen molar-refractivity contribution in [1.82, 2.24) is 0 Å². The Balaban J connectivity index is 1.25. The van der Waals surface area contributed by atoms with Crippen molar-refractivity contribution >= 4 is 46.9 Å². The number of nitrogens with zero attached hydrogens (tertiary/aromatic N) is 1. The van der Waals surface area contributed by atoms with Crippen molar-refractivity contribution in [2.75, 3.05) is 11.5 Å². The number of ether oxygens (including phenoxy) is 1. The number of aromatic hydroxyl groups is 1. The highest BCUT2D eigenvalue weighted by Crippen LogP contribution is 2.51. The molecule has 8 heteroatoms. The van der Waals surface area contributed by atoms with Gasteiger partial charge < -0.3 is 19.9 Å². The van der Waals surface area contributed by atoms with Gasteiger partial charge in [-0.1, -0.05) is 80.0 Å². The molecule has 6 rings (SSSR count). The van der Waals surface area contributed by atoms with Crippen LogP contribution in [0.3, 0.4) is 0 Å². The topological polar surface area (TPSA) is 107 Å². The van der Waals surface area contributed by atoms with Crippen LogP contribution in [-0.4, -0.2) is 46.8 Å². The third-order valence-corrected chi connectivity index (χ3v) is 9.46. The first-order valence-electron chi connectivity index (χ1n) is 15.4. The SMILES string of the molecule is CCCC1=C2[C@@H](CC/C(=C/c3ccc(O)c4ccccc34)CC)OC[C@@H]2[C@@H]2C(=O)N(c3cccc(B(O)O)c3)C(=O)[C@@H]2C1. The Labute approximate surface area is 252 Å². The van der Waals surface area contributed by atoms with E-state index in [1.54, 1.807) is 24.3 Å². The van der Waals surface area contributed by atoms with E-state index >= 15 is 0 Å². The monoisotopic (exact) mass is 579 g/mol. The minimum atomic E-state index is -1.68. The third kappa shape index (κ3) is 5.33. The van der Waals surface area contributed by atoms with Crippen LogP contribution < -0.4 is 10.4 Å². The van der Waals surface area contributed by atoms with Gasteiger partial charge in [0.1, 0.15) is 5.75 Å². The van der Waals surface area contributed by atoms with Gasteiger partial charge in [0.15, 0.2) is 0 Å². The van der Waals surface area contributed by atoms with Crippen LogP contribution in [0.15, 0.2) is 77.4 Å². The second-order valence-electron chi connectivity index (χ2n) is 12.0. The minimum Gasteiger partial charge on any atom is -0.507 e. The predicted octanol–water partition coefficient (Wildman–Crippen LogP) is 5.12. The lowest BCUT2D eigenvalue weighted by Crippen LogP contribution is -2.35. The average Bonchev–Trinajstić information content (AvgIpc) is 3.54. The number of hydrogen-bond donors (Lipinski definition) is 3. The summed E-state index contributed by atoms with van der Waals surface area (Å²) in [5.41, 5.74) is 5.46. The molecule has 222 valence electrons. The van der Waals surface area contributed by atoms with E-state index in [2.05, 4.69) is 19.9 Å².